The first kappa shape index (κ1) is 18.0. The monoisotopic (exact) mass is 395 g/mol. The Morgan fingerprint density at radius 2 is 2.14 bits per heavy atom. The molecule has 1 saturated carbocycles. The van der Waals surface area contributed by atoms with Crippen LogP contribution in [0.3, 0.4) is 0 Å². The van der Waals surface area contributed by atoms with Crippen molar-refractivity contribution in [2.24, 2.45) is 7.05 Å². The summed E-state index contributed by atoms with van der Waals surface area (Å²) < 4.78 is 7.42. The summed E-state index contributed by atoms with van der Waals surface area (Å²) in [5.74, 6) is 0.981. The van der Waals surface area contributed by atoms with Crippen LogP contribution in [0.5, 0.6) is 5.75 Å². The Morgan fingerprint density at radius 1 is 1.28 bits per heavy atom. The minimum atomic E-state index is -0.302. The fourth-order valence-corrected chi connectivity index (χ4v) is 4.46. The number of fused-ring (bicyclic) bond motifs is 1. The SMILES string of the molecule is Cn1nccc1[C@H]1[C@H](NC(=O)Nc2ccc3c(c2)CCCO3)CC(=O)N1C1CC1. The predicted octanol–water partition coefficient (Wildman–Crippen LogP) is 2.37. The largest absolute Gasteiger partial charge is 0.493 e. The lowest BCUT2D eigenvalue weighted by Gasteiger charge is -2.28. The van der Waals surface area contributed by atoms with Crippen molar-refractivity contribution in [1.82, 2.24) is 20.0 Å². The van der Waals surface area contributed by atoms with E-state index in [1.165, 1.54) is 0 Å². The highest BCUT2D eigenvalue weighted by molar-refractivity contribution is 5.91. The molecular formula is C21H25N5O3. The van der Waals surface area contributed by atoms with Gasteiger partial charge in [-0.05, 0) is 55.5 Å². The molecule has 8 heteroatoms. The molecule has 1 saturated heterocycles. The lowest BCUT2D eigenvalue weighted by Crippen LogP contribution is -2.43. The van der Waals surface area contributed by atoms with Crippen molar-refractivity contribution in [1.29, 1.82) is 0 Å². The van der Waals surface area contributed by atoms with Gasteiger partial charge in [0, 0.05) is 31.4 Å². The molecule has 2 aliphatic heterocycles. The molecule has 5 rings (SSSR count). The van der Waals surface area contributed by atoms with E-state index >= 15 is 0 Å². The van der Waals surface area contributed by atoms with Crippen molar-refractivity contribution in [3.63, 3.8) is 0 Å². The van der Waals surface area contributed by atoms with Gasteiger partial charge in [-0.1, -0.05) is 0 Å². The molecule has 0 spiro atoms. The number of ether oxygens (including phenoxy) is 1. The van der Waals surface area contributed by atoms with Gasteiger partial charge in [0.25, 0.3) is 0 Å². The van der Waals surface area contributed by atoms with Gasteiger partial charge >= 0.3 is 6.03 Å². The van der Waals surface area contributed by atoms with Gasteiger partial charge in [-0.3, -0.25) is 9.48 Å². The summed E-state index contributed by atoms with van der Waals surface area (Å²) in [6.45, 7) is 0.739. The number of urea groups is 1. The smallest absolute Gasteiger partial charge is 0.319 e. The van der Waals surface area contributed by atoms with Crippen molar-refractivity contribution in [2.45, 2.75) is 50.2 Å². The van der Waals surface area contributed by atoms with Crippen LogP contribution in [0.25, 0.3) is 0 Å². The Bertz CT molecular complexity index is 952. The van der Waals surface area contributed by atoms with E-state index < -0.39 is 0 Å². The van der Waals surface area contributed by atoms with E-state index in [2.05, 4.69) is 15.7 Å². The second-order valence-electron chi connectivity index (χ2n) is 8.04. The zero-order valence-electron chi connectivity index (χ0n) is 16.4. The molecule has 3 aliphatic rings. The lowest BCUT2D eigenvalue weighted by molar-refractivity contribution is -0.129. The van der Waals surface area contributed by atoms with Crippen molar-refractivity contribution in [2.75, 3.05) is 11.9 Å². The van der Waals surface area contributed by atoms with Crippen LogP contribution in [0.4, 0.5) is 10.5 Å². The quantitative estimate of drug-likeness (QED) is 0.832. The average molecular weight is 395 g/mol. The second-order valence-corrected chi connectivity index (χ2v) is 8.04. The Hall–Kier alpha value is -3.03. The molecule has 3 heterocycles. The number of amides is 3. The molecule has 29 heavy (non-hydrogen) atoms. The number of hydrogen-bond acceptors (Lipinski definition) is 4. The summed E-state index contributed by atoms with van der Waals surface area (Å²) in [7, 11) is 1.87. The minimum Gasteiger partial charge on any atom is -0.493 e. The number of rotatable bonds is 4. The van der Waals surface area contributed by atoms with Crippen molar-refractivity contribution in [3.05, 3.63) is 41.7 Å². The molecule has 0 radical (unpaired) electrons. The zero-order chi connectivity index (χ0) is 20.0. The van der Waals surface area contributed by atoms with E-state index in [-0.39, 0.29) is 30.1 Å². The van der Waals surface area contributed by atoms with Crippen LogP contribution >= 0.6 is 0 Å². The highest BCUT2D eigenvalue weighted by atomic mass is 16.5. The molecule has 2 fully saturated rings. The molecule has 1 aromatic carbocycles. The summed E-state index contributed by atoms with van der Waals surface area (Å²) in [6, 6.07) is 7.12. The summed E-state index contributed by atoms with van der Waals surface area (Å²) in [5.41, 5.74) is 2.78. The molecule has 2 aromatic rings. The Balaban J connectivity index is 1.32. The second kappa shape index (κ2) is 7.09. The molecule has 0 unspecified atom stereocenters. The number of carbonyl (C=O) groups excluding carboxylic acids is 2. The third-order valence-corrected chi connectivity index (χ3v) is 5.95. The van der Waals surface area contributed by atoms with Crippen molar-refractivity contribution in [3.8, 4) is 5.75 Å². The van der Waals surface area contributed by atoms with Crippen LogP contribution in [0.2, 0.25) is 0 Å². The van der Waals surface area contributed by atoms with Gasteiger partial charge in [0.05, 0.1) is 24.4 Å². The van der Waals surface area contributed by atoms with E-state index in [4.69, 9.17) is 4.74 Å². The molecule has 1 aliphatic carbocycles. The molecule has 1 aromatic heterocycles. The summed E-state index contributed by atoms with van der Waals surface area (Å²) in [5, 5.41) is 10.2. The number of nitrogens with one attached hydrogen (secondary N) is 2. The number of aryl methyl sites for hydroxylation is 2. The number of hydrogen-bond donors (Lipinski definition) is 2. The van der Waals surface area contributed by atoms with E-state index in [0.717, 1.165) is 55.0 Å². The highest BCUT2D eigenvalue weighted by Crippen LogP contribution is 2.41. The average Bonchev–Trinajstić information content (AvgIpc) is 3.37. The number of anilines is 1. The van der Waals surface area contributed by atoms with E-state index in [1.807, 2.05) is 36.2 Å². The summed E-state index contributed by atoms with van der Waals surface area (Å²) in [4.78, 5) is 27.4. The standard InChI is InChI=1S/C21H25N5O3/c1-25-17(8-9-22-25)20-16(12-19(27)26(20)15-5-6-15)24-21(28)23-14-4-7-18-13(11-14)3-2-10-29-18/h4,7-9,11,15-16,20H,2-3,5-6,10,12H2,1H3,(H2,23,24,28)/t16-,20-/m1/s1. The normalized spacial score (nSPS) is 23.5. The van der Waals surface area contributed by atoms with Gasteiger partial charge in [-0.15, -0.1) is 0 Å². The first-order chi connectivity index (χ1) is 14.1. The van der Waals surface area contributed by atoms with Gasteiger partial charge in [-0.25, -0.2) is 4.79 Å². The maximum atomic E-state index is 12.7. The Labute approximate surface area is 169 Å². The first-order valence-electron chi connectivity index (χ1n) is 10.2. The van der Waals surface area contributed by atoms with E-state index in [1.54, 1.807) is 10.9 Å². The third kappa shape index (κ3) is 3.43. The fraction of sp³-hybridized carbons (Fsp3) is 0.476. The maximum Gasteiger partial charge on any atom is 0.319 e. The molecule has 8 nitrogen and oxygen atoms in total. The minimum absolute atomic E-state index is 0.0925. The molecule has 0 bridgehead atoms. The van der Waals surface area contributed by atoms with Gasteiger partial charge in [0.1, 0.15) is 5.75 Å². The molecule has 2 N–H and O–H groups in total. The van der Waals surface area contributed by atoms with Crippen LogP contribution in [0.15, 0.2) is 30.5 Å². The van der Waals surface area contributed by atoms with Crippen LogP contribution in [-0.2, 0) is 18.3 Å². The number of likely N-dealkylation sites (tertiary alicyclic amines) is 1. The number of benzene rings is 1. The molecule has 3 amide bonds. The lowest BCUT2D eigenvalue weighted by atomic mass is 10.1. The highest BCUT2D eigenvalue weighted by Gasteiger charge is 2.48. The maximum absolute atomic E-state index is 12.7. The number of carbonyl (C=O) groups is 2. The van der Waals surface area contributed by atoms with Crippen molar-refractivity contribution >= 4 is 17.6 Å². The van der Waals surface area contributed by atoms with Gasteiger partial charge in [-0.2, -0.15) is 5.10 Å². The Morgan fingerprint density at radius 3 is 2.90 bits per heavy atom. The van der Waals surface area contributed by atoms with E-state index in [0.29, 0.717) is 6.42 Å². The zero-order valence-corrected chi connectivity index (χ0v) is 16.4. The van der Waals surface area contributed by atoms with E-state index in [9.17, 15) is 9.59 Å². The molecule has 152 valence electrons. The summed E-state index contributed by atoms with van der Waals surface area (Å²) >= 11 is 0. The Kier molecular flexibility index (Phi) is 4.41. The number of aromatic nitrogens is 2. The van der Waals surface area contributed by atoms with Crippen LogP contribution in [0, 0.1) is 0 Å². The van der Waals surface area contributed by atoms with Crippen LogP contribution < -0.4 is 15.4 Å². The summed E-state index contributed by atoms with van der Waals surface area (Å²) in [6.07, 6.45) is 6.01. The predicted molar refractivity (Wildman–Crippen MR) is 107 cm³/mol. The number of nitrogens with zero attached hydrogens (tertiary/aromatic N) is 3. The van der Waals surface area contributed by atoms with Crippen LogP contribution in [0.1, 0.15) is 43.0 Å². The third-order valence-electron chi connectivity index (χ3n) is 5.95. The van der Waals surface area contributed by atoms with Gasteiger partial charge in [0.2, 0.25) is 5.91 Å². The van der Waals surface area contributed by atoms with Crippen molar-refractivity contribution < 1.29 is 14.3 Å². The van der Waals surface area contributed by atoms with Gasteiger partial charge < -0.3 is 20.3 Å². The van der Waals surface area contributed by atoms with Gasteiger partial charge in [0.15, 0.2) is 0 Å². The molecule has 2 atom stereocenters. The molecular weight excluding hydrogens is 370 g/mol. The fourth-order valence-electron chi connectivity index (χ4n) is 4.46. The topological polar surface area (TPSA) is 88.5 Å². The first-order valence-corrected chi connectivity index (χ1v) is 10.2. The van der Waals surface area contributed by atoms with Crippen LogP contribution in [-0.4, -0.2) is 45.3 Å².